The molecule has 1 heterocycles. The summed E-state index contributed by atoms with van der Waals surface area (Å²) in [6.07, 6.45) is 0. The third kappa shape index (κ3) is 11.4. The Kier molecular flexibility index (Phi) is 18.1. The predicted molar refractivity (Wildman–Crippen MR) is 100 cm³/mol. The molecule has 0 spiro atoms. The minimum atomic E-state index is -0.436. The van der Waals surface area contributed by atoms with Crippen molar-refractivity contribution in [3.63, 3.8) is 0 Å². The second kappa shape index (κ2) is 16.4. The van der Waals surface area contributed by atoms with Crippen LogP contribution in [-0.4, -0.2) is 4.98 Å². The molecule has 0 aliphatic rings. The summed E-state index contributed by atoms with van der Waals surface area (Å²) in [5.41, 5.74) is 11.7. The van der Waals surface area contributed by atoms with Gasteiger partial charge in [0.15, 0.2) is 5.13 Å². The summed E-state index contributed by atoms with van der Waals surface area (Å²) in [4.78, 5) is 4.25. The van der Waals surface area contributed by atoms with Gasteiger partial charge in [0.25, 0.3) is 0 Å². The van der Waals surface area contributed by atoms with Crippen LogP contribution in [0.1, 0.15) is 1.43 Å². The van der Waals surface area contributed by atoms with E-state index < -0.39 is 5.82 Å². The summed E-state index contributed by atoms with van der Waals surface area (Å²) >= 11 is 5.77. The number of fused-ring (bicyclic) bond motifs is 1. The van der Waals surface area contributed by atoms with Gasteiger partial charge in [0.05, 0.1) is 15.1 Å². The van der Waals surface area contributed by atoms with Crippen LogP contribution in [0.15, 0.2) is 41.3 Å². The molecule has 27 heavy (non-hydrogen) atoms. The Morgan fingerprint density at radius 1 is 1.15 bits per heavy atom. The maximum atomic E-state index is 13.3. The van der Waals surface area contributed by atoms with Crippen molar-refractivity contribution >= 4 is 56.8 Å². The SMILES string of the molecule is N#CSc1cc2sc(N)nc2cc1F.N#C[S-].Nc1cccc(F)c1.[H-].[K+].[K+]. The first-order chi connectivity index (χ1) is 11.9. The average Bonchev–Trinajstić information content (AvgIpc) is 2.88. The van der Waals surface area contributed by atoms with Crippen LogP contribution in [-0.2, 0) is 12.6 Å². The topological polar surface area (TPSA) is 113 Å². The first kappa shape index (κ1) is 29.8. The van der Waals surface area contributed by atoms with Crippen molar-refractivity contribution in [2.75, 3.05) is 11.5 Å². The number of benzene rings is 2. The Bertz CT molecular complexity index is 930. The van der Waals surface area contributed by atoms with Crippen molar-refractivity contribution in [3.8, 4) is 10.8 Å². The van der Waals surface area contributed by atoms with Crippen molar-refractivity contribution in [3.05, 3.63) is 48.0 Å². The number of nitrogens with two attached hydrogens (primary N) is 2. The van der Waals surface area contributed by atoms with Gasteiger partial charge in [-0.25, -0.2) is 19.0 Å². The van der Waals surface area contributed by atoms with Gasteiger partial charge in [-0.15, -0.1) is 0 Å². The number of aromatic nitrogens is 1. The molecule has 3 rings (SSSR count). The zero-order valence-corrected chi connectivity index (χ0v) is 23.1. The summed E-state index contributed by atoms with van der Waals surface area (Å²) in [6.45, 7) is 0. The predicted octanol–water partition coefficient (Wildman–Crippen LogP) is -1.87. The second-order valence-corrected chi connectivity index (χ2v) is 6.21. The molecule has 0 fully saturated rings. The Hall–Kier alpha value is 0.613. The number of thioether (sulfide) groups is 1. The van der Waals surface area contributed by atoms with Crippen LogP contribution >= 0.6 is 23.1 Å². The van der Waals surface area contributed by atoms with Gasteiger partial charge in [-0.1, -0.05) is 22.8 Å². The fourth-order valence-corrected chi connectivity index (χ4v) is 2.84. The van der Waals surface area contributed by atoms with Gasteiger partial charge in [0, 0.05) is 11.8 Å². The normalized spacial score (nSPS) is 8.30. The van der Waals surface area contributed by atoms with Gasteiger partial charge >= 0.3 is 103 Å². The zero-order chi connectivity index (χ0) is 18.8. The van der Waals surface area contributed by atoms with E-state index in [0.29, 0.717) is 21.2 Å². The molecule has 0 saturated heterocycles. The van der Waals surface area contributed by atoms with Gasteiger partial charge in [-0.05, 0) is 36.0 Å². The molecule has 0 unspecified atom stereocenters. The van der Waals surface area contributed by atoms with Crippen LogP contribution < -0.4 is 114 Å². The zero-order valence-electron chi connectivity index (χ0n) is 15.4. The first-order valence-corrected chi connectivity index (χ1v) is 8.39. The number of nitrogen functional groups attached to an aromatic ring is 2. The van der Waals surface area contributed by atoms with Crippen LogP contribution in [0.2, 0.25) is 0 Å². The van der Waals surface area contributed by atoms with Crippen molar-refractivity contribution in [2.45, 2.75) is 4.90 Å². The van der Waals surface area contributed by atoms with E-state index in [2.05, 4.69) is 17.6 Å². The van der Waals surface area contributed by atoms with Crippen molar-refractivity contribution in [1.82, 2.24) is 4.98 Å². The van der Waals surface area contributed by atoms with E-state index in [9.17, 15) is 8.78 Å². The molecule has 0 aliphatic carbocycles. The molecule has 0 aliphatic heterocycles. The molecule has 5 nitrogen and oxygen atoms in total. The van der Waals surface area contributed by atoms with Crippen LogP contribution in [0.3, 0.4) is 0 Å². The molecule has 4 N–H and O–H groups in total. The smallest absolute Gasteiger partial charge is 1.00 e. The molecule has 130 valence electrons. The summed E-state index contributed by atoms with van der Waals surface area (Å²) < 4.78 is 26.1. The Morgan fingerprint density at radius 3 is 2.26 bits per heavy atom. The largest absolute Gasteiger partial charge is 1.00 e. The van der Waals surface area contributed by atoms with E-state index in [1.165, 1.54) is 34.9 Å². The Labute approximate surface area is 255 Å². The molecule has 2 aromatic carbocycles. The van der Waals surface area contributed by atoms with E-state index in [1.54, 1.807) is 18.2 Å². The minimum Gasteiger partial charge on any atom is -1.00 e. The standard InChI is InChI=1S/C8H4FN3S2.C6H6FN.CHNS.2K.H/c9-4-1-5-7(14-8(11)12-5)2-6(4)13-3-10;7-5-2-1-3-6(8)4-5;2-1-3;;;/h1-2H,(H2,11,12);1-4H,8H2;3H;;;/q;;;2*+1;-1/p-1. The average molecular weight is 474 g/mol. The van der Waals surface area contributed by atoms with Gasteiger partial charge in [0.2, 0.25) is 0 Å². The van der Waals surface area contributed by atoms with Crippen LogP contribution in [0.4, 0.5) is 19.6 Å². The molecule has 12 heteroatoms. The first-order valence-electron chi connectivity index (χ1n) is 6.35. The second-order valence-electron chi connectivity index (χ2n) is 4.14. The third-order valence-electron chi connectivity index (χ3n) is 2.46. The summed E-state index contributed by atoms with van der Waals surface area (Å²) in [5.74, 6) is -0.723. The van der Waals surface area contributed by atoms with E-state index in [0.717, 1.165) is 16.5 Å². The fraction of sp³-hybridized carbons (Fsp3) is 0. The number of halogens is 2. The van der Waals surface area contributed by atoms with E-state index in [1.807, 2.05) is 5.40 Å². The molecular weight excluding hydrogens is 463 g/mol. The van der Waals surface area contributed by atoms with Crippen molar-refractivity contribution < 1.29 is 113 Å². The fourth-order valence-electron chi connectivity index (χ4n) is 1.58. The molecule has 0 radical (unpaired) electrons. The Morgan fingerprint density at radius 2 is 1.78 bits per heavy atom. The van der Waals surface area contributed by atoms with Gasteiger partial charge in [-0.2, -0.15) is 5.26 Å². The maximum Gasteiger partial charge on any atom is 1.00 e. The number of anilines is 2. The molecular formula is C15H11F2K2N5S3. The van der Waals surface area contributed by atoms with Crippen LogP contribution in [0.5, 0.6) is 0 Å². The maximum absolute atomic E-state index is 13.3. The molecule has 0 amide bonds. The number of nitriles is 2. The summed E-state index contributed by atoms with van der Waals surface area (Å²) in [7, 11) is 0. The number of nitrogens with zero attached hydrogens (tertiary/aromatic N) is 3. The van der Waals surface area contributed by atoms with Crippen molar-refractivity contribution in [1.29, 1.82) is 10.5 Å². The molecule has 1 aromatic heterocycles. The number of rotatable bonds is 1. The molecule has 0 saturated carbocycles. The minimum absolute atomic E-state index is 0. The molecule has 0 atom stereocenters. The molecule has 3 aromatic rings. The van der Waals surface area contributed by atoms with E-state index in [4.69, 9.17) is 22.0 Å². The van der Waals surface area contributed by atoms with Gasteiger partial charge < -0.3 is 25.5 Å². The number of thiocyanates is 2. The van der Waals surface area contributed by atoms with Crippen LogP contribution in [0, 0.1) is 33.0 Å². The number of thiazole rings is 1. The van der Waals surface area contributed by atoms with Crippen molar-refractivity contribution in [2.24, 2.45) is 0 Å². The Balaban J connectivity index is -0.000000388. The van der Waals surface area contributed by atoms with E-state index in [-0.39, 0.29) is 110 Å². The summed E-state index contributed by atoms with van der Waals surface area (Å²) in [5, 5.41) is 19.1. The van der Waals surface area contributed by atoms with Gasteiger partial charge in [-0.3, -0.25) is 0 Å². The quantitative estimate of drug-likeness (QED) is 0.140. The van der Waals surface area contributed by atoms with E-state index >= 15 is 0 Å². The van der Waals surface area contributed by atoms with Crippen LogP contribution in [0.25, 0.3) is 10.2 Å². The number of hydrogen-bond donors (Lipinski definition) is 2. The summed E-state index contributed by atoms with van der Waals surface area (Å²) in [6, 6.07) is 8.73. The number of hydrogen-bond acceptors (Lipinski definition) is 8. The molecule has 0 bridgehead atoms. The third-order valence-corrected chi connectivity index (χ3v) is 3.93. The van der Waals surface area contributed by atoms with Gasteiger partial charge in [0.1, 0.15) is 17.0 Å². The monoisotopic (exact) mass is 473 g/mol.